The van der Waals surface area contributed by atoms with Gasteiger partial charge in [-0.3, -0.25) is 14.5 Å². The molecule has 39 heavy (non-hydrogen) atoms. The summed E-state index contributed by atoms with van der Waals surface area (Å²) in [5.41, 5.74) is 0.366. The maximum Gasteiger partial charge on any atom is 0.313 e. The number of aromatic nitrogens is 1. The number of hydrogen-bond acceptors (Lipinski definition) is 8. The van der Waals surface area contributed by atoms with Gasteiger partial charge in [-0.1, -0.05) is 19.3 Å². The Morgan fingerprint density at radius 3 is 2.46 bits per heavy atom. The van der Waals surface area contributed by atoms with Crippen molar-refractivity contribution in [2.45, 2.75) is 51.5 Å². The fourth-order valence-corrected chi connectivity index (χ4v) is 7.25. The van der Waals surface area contributed by atoms with Crippen LogP contribution in [0.1, 0.15) is 46.0 Å². The Morgan fingerprint density at radius 2 is 1.82 bits per heavy atom. The van der Waals surface area contributed by atoms with Crippen LogP contribution in [-0.2, 0) is 19.6 Å². The molecule has 2 aliphatic rings. The Bertz CT molecular complexity index is 1230. The first-order valence-electron chi connectivity index (χ1n) is 13.5. The minimum Gasteiger partial charge on any atom is -0.496 e. The maximum atomic E-state index is 12.9. The van der Waals surface area contributed by atoms with Crippen molar-refractivity contribution in [3.8, 4) is 17.1 Å². The summed E-state index contributed by atoms with van der Waals surface area (Å²) in [5.74, 6) is -0.0483. The van der Waals surface area contributed by atoms with Crippen LogP contribution in [0.5, 0.6) is 5.75 Å². The largest absolute Gasteiger partial charge is 0.496 e. The fourth-order valence-electron chi connectivity index (χ4n) is 5.39. The van der Waals surface area contributed by atoms with Gasteiger partial charge < -0.3 is 19.8 Å². The number of ether oxygens (including phenoxy) is 1. The summed E-state index contributed by atoms with van der Waals surface area (Å²) in [6.07, 6.45) is 8.33. The van der Waals surface area contributed by atoms with Crippen LogP contribution < -0.4 is 15.4 Å². The van der Waals surface area contributed by atoms with Gasteiger partial charge in [-0.2, -0.15) is 4.31 Å². The normalized spacial score (nSPS) is 18.0. The van der Waals surface area contributed by atoms with Crippen LogP contribution in [-0.4, -0.2) is 85.5 Å². The molecule has 2 N–H and O–H groups in total. The van der Waals surface area contributed by atoms with E-state index in [0.717, 1.165) is 25.7 Å². The molecule has 2 heterocycles. The highest BCUT2D eigenvalue weighted by Crippen LogP contribution is 2.32. The van der Waals surface area contributed by atoms with Crippen LogP contribution in [0.2, 0.25) is 0 Å². The molecule has 0 bridgehead atoms. The number of piperazine rings is 1. The van der Waals surface area contributed by atoms with Crippen molar-refractivity contribution in [2.75, 3.05) is 50.9 Å². The molecule has 2 fully saturated rings. The molecular weight excluding hydrogens is 522 g/mol. The zero-order valence-electron chi connectivity index (χ0n) is 22.9. The molecule has 1 saturated heterocycles. The average Bonchev–Trinajstić information content (AvgIpc) is 3.43. The molecule has 1 aliphatic carbocycles. The number of benzene rings is 1. The van der Waals surface area contributed by atoms with Gasteiger partial charge in [0.1, 0.15) is 5.75 Å². The molecule has 1 aromatic carbocycles. The highest BCUT2D eigenvalue weighted by atomic mass is 32.2. The zero-order chi connectivity index (χ0) is 28.0. The van der Waals surface area contributed by atoms with Crippen molar-refractivity contribution in [3.05, 3.63) is 30.8 Å². The van der Waals surface area contributed by atoms with Crippen molar-refractivity contribution < 1.29 is 27.2 Å². The van der Waals surface area contributed by atoms with E-state index < -0.39 is 27.4 Å². The van der Waals surface area contributed by atoms with E-state index in [1.54, 1.807) is 28.7 Å². The third kappa shape index (κ3) is 7.80. The first-order valence-corrected chi connectivity index (χ1v) is 15.1. The molecule has 0 unspecified atom stereocenters. The van der Waals surface area contributed by atoms with E-state index in [2.05, 4.69) is 20.5 Å². The number of rotatable bonds is 9. The first-order chi connectivity index (χ1) is 18.6. The van der Waals surface area contributed by atoms with Gasteiger partial charge >= 0.3 is 11.8 Å². The smallest absolute Gasteiger partial charge is 0.313 e. The van der Waals surface area contributed by atoms with E-state index in [4.69, 9.17) is 9.15 Å². The highest BCUT2D eigenvalue weighted by molar-refractivity contribution is 7.89. The molecule has 2 amide bonds. The van der Waals surface area contributed by atoms with Crippen molar-refractivity contribution in [2.24, 2.45) is 5.92 Å². The second kappa shape index (κ2) is 12.5. The van der Waals surface area contributed by atoms with Gasteiger partial charge in [-0.15, -0.1) is 0 Å². The van der Waals surface area contributed by atoms with Gasteiger partial charge in [0.05, 0.1) is 24.6 Å². The molecule has 1 aromatic heterocycles. The Balaban J connectivity index is 1.26. The predicted octanol–water partition coefficient (Wildman–Crippen LogP) is 2.71. The first kappa shape index (κ1) is 29.0. The molecule has 0 atom stereocenters. The van der Waals surface area contributed by atoms with E-state index in [9.17, 15) is 18.0 Å². The van der Waals surface area contributed by atoms with Crippen molar-refractivity contribution >= 4 is 27.5 Å². The van der Waals surface area contributed by atoms with E-state index in [0.29, 0.717) is 55.5 Å². The van der Waals surface area contributed by atoms with Gasteiger partial charge in [0.15, 0.2) is 12.2 Å². The van der Waals surface area contributed by atoms with Gasteiger partial charge in [-0.05, 0) is 44.7 Å². The lowest BCUT2D eigenvalue weighted by Crippen LogP contribution is -2.58. The third-order valence-electron chi connectivity index (χ3n) is 7.33. The van der Waals surface area contributed by atoms with Crippen LogP contribution in [0.4, 0.5) is 5.69 Å². The zero-order valence-corrected chi connectivity index (χ0v) is 23.8. The number of methoxy groups -OCH3 is 1. The van der Waals surface area contributed by atoms with Crippen LogP contribution >= 0.6 is 0 Å². The minimum atomic E-state index is -3.26. The Kier molecular flexibility index (Phi) is 9.29. The molecule has 0 spiro atoms. The number of anilines is 1. The second-order valence-corrected chi connectivity index (χ2v) is 13.0. The topological polar surface area (TPSA) is 134 Å². The average molecular weight is 562 g/mol. The van der Waals surface area contributed by atoms with Crippen LogP contribution in [0.25, 0.3) is 11.3 Å². The lowest BCUT2D eigenvalue weighted by Gasteiger charge is -2.39. The number of hydrogen-bond donors (Lipinski definition) is 2. The molecule has 11 nitrogen and oxygen atoms in total. The van der Waals surface area contributed by atoms with Gasteiger partial charge in [0.2, 0.25) is 10.0 Å². The molecule has 4 rings (SSSR count). The summed E-state index contributed by atoms with van der Waals surface area (Å²) in [6, 6.07) is 4.97. The SMILES string of the molecule is COc1cc(NC(=O)C(=O)NC(C)(C)CN2CCN(S(=O)(=O)CC3CCCCC3)CC2)ccc1-c1cnco1. The number of nitrogens with zero attached hydrogens (tertiary/aromatic N) is 3. The summed E-state index contributed by atoms with van der Waals surface area (Å²) in [7, 11) is -1.76. The number of amides is 2. The van der Waals surface area contributed by atoms with E-state index in [1.165, 1.54) is 19.9 Å². The summed E-state index contributed by atoms with van der Waals surface area (Å²) < 4.78 is 38.2. The lowest BCUT2D eigenvalue weighted by atomic mass is 9.91. The molecular formula is C27H39N5O6S. The molecule has 214 valence electrons. The van der Waals surface area contributed by atoms with E-state index >= 15 is 0 Å². The number of carbonyl (C=O) groups is 2. The Hall–Kier alpha value is -2.96. The summed E-state index contributed by atoms with van der Waals surface area (Å²) >= 11 is 0. The van der Waals surface area contributed by atoms with E-state index in [1.807, 2.05) is 13.8 Å². The molecule has 12 heteroatoms. The number of carbonyl (C=O) groups excluding carboxylic acids is 2. The standard InChI is InChI=1S/C27H39N5O6S/c1-27(2,18-31-11-13-32(14-12-31)39(35,36)17-20-7-5-4-6-8-20)30-26(34)25(33)29-21-9-10-22(23(15-21)37-3)24-16-28-19-38-24/h9-10,15-16,19-20H,4-8,11-14,17-18H2,1-3H3,(H,29,33)(H,30,34). The number of oxazole rings is 1. The quantitative estimate of drug-likeness (QED) is 0.447. The molecule has 1 aliphatic heterocycles. The highest BCUT2D eigenvalue weighted by Gasteiger charge is 2.33. The van der Waals surface area contributed by atoms with Crippen LogP contribution in [0.3, 0.4) is 0 Å². The van der Waals surface area contributed by atoms with Crippen LogP contribution in [0.15, 0.2) is 35.2 Å². The Morgan fingerprint density at radius 1 is 1.10 bits per heavy atom. The summed E-state index contributed by atoms with van der Waals surface area (Å²) in [4.78, 5) is 31.4. The van der Waals surface area contributed by atoms with E-state index in [-0.39, 0.29) is 11.7 Å². The van der Waals surface area contributed by atoms with Crippen molar-refractivity contribution in [1.82, 2.24) is 19.5 Å². The second-order valence-electron chi connectivity index (χ2n) is 11.0. The summed E-state index contributed by atoms with van der Waals surface area (Å²) in [5, 5.41) is 5.41. The third-order valence-corrected chi connectivity index (χ3v) is 9.37. The Labute approximate surface area is 230 Å². The van der Waals surface area contributed by atoms with Crippen molar-refractivity contribution in [1.29, 1.82) is 0 Å². The molecule has 2 aromatic rings. The number of sulfonamides is 1. The minimum absolute atomic E-state index is 0.248. The monoisotopic (exact) mass is 561 g/mol. The van der Waals surface area contributed by atoms with Crippen molar-refractivity contribution in [3.63, 3.8) is 0 Å². The van der Waals surface area contributed by atoms with Gasteiger partial charge in [0, 0.05) is 50.0 Å². The molecule has 0 radical (unpaired) electrons. The predicted molar refractivity (Wildman–Crippen MR) is 148 cm³/mol. The fraction of sp³-hybridized carbons (Fsp3) is 0.593. The van der Waals surface area contributed by atoms with Gasteiger partial charge in [-0.25, -0.2) is 13.4 Å². The molecule has 1 saturated carbocycles. The maximum absolute atomic E-state index is 12.9. The summed E-state index contributed by atoms with van der Waals surface area (Å²) in [6.45, 7) is 6.21. The van der Waals surface area contributed by atoms with Gasteiger partial charge in [0.25, 0.3) is 0 Å². The lowest BCUT2D eigenvalue weighted by molar-refractivity contribution is -0.137. The van der Waals surface area contributed by atoms with Crippen LogP contribution in [0, 0.1) is 5.92 Å². The number of nitrogens with one attached hydrogen (secondary N) is 2.